The van der Waals surface area contributed by atoms with Crippen molar-refractivity contribution in [3.63, 3.8) is 0 Å². The lowest BCUT2D eigenvalue weighted by Crippen LogP contribution is -2.09. The van der Waals surface area contributed by atoms with Gasteiger partial charge >= 0.3 is 5.97 Å². The zero-order valence-electron chi connectivity index (χ0n) is 12.3. The monoisotopic (exact) mass is 280 g/mol. The average Bonchev–Trinajstić information content (AvgIpc) is 2.48. The van der Waals surface area contributed by atoms with Crippen molar-refractivity contribution in [2.24, 2.45) is 0 Å². The molecule has 0 aromatic heterocycles. The Morgan fingerprint density at radius 1 is 1.19 bits per heavy atom. The predicted molar refractivity (Wildman–Crippen MR) is 86.4 cm³/mol. The quantitative estimate of drug-likeness (QED) is 0.838. The number of unbranched alkanes of at least 4 members (excludes halogenated alkanes) is 1. The van der Waals surface area contributed by atoms with Crippen LogP contribution in [0.25, 0.3) is 16.3 Å². The van der Waals surface area contributed by atoms with Gasteiger partial charge in [0.1, 0.15) is 0 Å². The first kappa shape index (κ1) is 13.9. The molecule has 3 rings (SSSR count). The van der Waals surface area contributed by atoms with Crippen LogP contribution in [0.1, 0.15) is 49.7 Å². The van der Waals surface area contributed by atoms with Crippen LogP contribution in [0.15, 0.2) is 42.5 Å². The van der Waals surface area contributed by atoms with Crippen LogP contribution in [0.3, 0.4) is 0 Å². The van der Waals surface area contributed by atoms with Crippen LogP contribution in [0.4, 0.5) is 0 Å². The van der Waals surface area contributed by atoms with E-state index in [1.54, 1.807) is 0 Å². The van der Waals surface area contributed by atoms with Gasteiger partial charge in [-0.25, -0.2) is 0 Å². The Bertz CT molecular complexity index is 707. The highest BCUT2D eigenvalue weighted by Crippen LogP contribution is 2.41. The number of carbonyl (C=O) groups is 1. The van der Waals surface area contributed by atoms with E-state index in [0.717, 1.165) is 24.8 Å². The van der Waals surface area contributed by atoms with Crippen molar-refractivity contribution in [3.05, 3.63) is 53.6 Å². The third-order valence-electron chi connectivity index (χ3n) is 4.28. The van der Waals surface area contributed by atoms with Gasteiger partial charge in [0.2, 0.25) is 0 Å². The van der Waals surface area contributed by atoms with E-state index in [2.05, 4.69) is 43.3 Å². The molecule has 0 saturated heterocycles. The molecule has 0 heterocycles. The zero-order chi connectivity index (χ0) is 14.8. The minimum Gasteiger partial charge on any atom is -0.481 e. The molecule has 2 nitrogen and oxygen atoms in total. The Morgan fingerprint density at radius 3 is 2.67 bits per heavy atom. The molecule has 2 aromatic rings. The second-order valence-electron chi connectivity index (χ2n) is 5.75. The van der Waals surface area contributed by atoms with E-state index in [0.29, 0.717) is 0 Å². The van der Waals surface area contributed by atoms with E-state index in [1.807, 2.05) is 6.07 Å². The van der Waals surface area contributed by atoms with Crippen LogP contribution in [0, 0.1) is 0 Å². The lowest BCUT2D eigenvalue weighted by molar-refractivity contribution is -0.137. The van der Waals surface area contributed by atoms with Gasteiger partial charge in [-0.2, -0.15) is 0 Å². The Labute approximate surface area is 125 Å². The second kappa shape index (κ2) is 5.72. The van der Waals surface area contributed by atoms with E-state index < -0.39 is 5.97 Å². The van der Waals surface area contributed by atoms with Gasteiger partial charge in [0.25, 0.3) is 0 Å². The Kier molecular flexibility index (Phi) is 3.78. The van der Waals surface area contributed by atoms with Crippen molar-refractivity contribution >= 4 is 22.3 Å². The molecule has 0 aliphatic heterocycles. The Balaban J connectivity index is 2.16. The third-order valence-corrected chi connectivity index (χ3v) is 4.28. The average molecular weight is 280 g/mol. The fourth-order valence-corrected chi connectivity index (χ4v) is 3.31. The molecular weight excluding hydrogens is 260 g/mol. The largest absolute Gasteiger partial charge is 0.481 e. The van der Waals surface area contributed by atoms with Crippen LogP contribution in [-0.4, -0.2) is 11.1 Å². The zero-order valence-corrected chi connectivity index (χ0v) is 12.3. The minimum atomic E-state index is -0.734. The van der Waals surface area contributed by atoms with Gasteiger partial charge in [-0.15, -0.1) is 0 Å². The molecule has 0 spiro atoms. The van der Waals surface area contributed by atoms with Crippen molar-refractivity contribution in [1.82, 2.24) is 0 Å². The molecule has 0 bridgehead atoms. The van der Waals surface area contributed by atoms with Crippen molar-refractivity contribution < 1.29 is 9.90 Å². The second-order valence-corrected chi connectivity index (χ2v) is 5.75. The Morgan fingerprint density at radius 2 is 1.95 bits per heavy atom. The summed E-state index contributed by atoms with van der Waals surface area (Å²) in [6.07, 6.45) is 5.67. The van der Waals surface area contributed by atoms with Gasteiger partial charge in [-0.3, -0.25) is 4.79 Å². The molecule has 1 aliphatic carbocycles. The van der Waals surface area contributed by atoms with Crippen LogP contribution >= 0.6 is 0 Å². The van der Waals surface area contributed by atoms with Crippen molar-refractivity contribution in [3.8, 4) is 0 Å². The molecule has 1 N–H and O–H groups in total. The van der Waals surface area contributed by atoms with Crippen LogP contribution in [0.2, 0.25) is 0 Å². The van der Waals surface area contributed by atoms with Gasteiger partial charge in [-0.05, 0) is 40.3 Å². The molecular formula is C19H20O2. The molecule has 2 heteroatoms. The van der Waals surface area contributed by atoms with Crippen molar-refractivity contribution in [2.75, 3.05) is 0 Å². The molecule has 1 atom stereocenters. The standard InChI is InChI=1S/C19H20O2/c1-2-3-6-14-11-15(12-18(20)21)17-10-5-8-13-7-4-9-16(14)19(13)17/h4-5,7-11,15H,2-3,6,12H2,1H3,(H,20,21). The molecule has 0 saturated carbocycles. The van der Waals surface area contributed by atoms with Gasteiger partial charge in [0.05, 0.1) is 6.42 Å². The summed E-state index contributed by atoms with van der Waals surface area (Å²) in [5.41, 5.74) is 3.76. The number of allylic oxidation sites excluding steroid dienone is 2. The highest BCUT2D eigenvalue weighted by atomic mass is 16.4. The smallest absolute Gasteiger partial charge is 0.304 e. The summed E-state index contributed by atoms with van der Waals surface area (Å²) in [7, 11) is 0. The number of carboxylic acids is 1. The first-order valence-electron chi connectivity index (χ1n) is 7.65. The summed E-state index contributed by atoms with van der Waals surface area (Å²) in [6, 6.07) is 12.6. The summed E-state index contributed by atoms with van der Waals surface area (Å²) in [5.74, 6) is -0.740. The highest BCUT2D eigenvalue weighted by molar-refractivity contribution is 5.99. The molecule has 0 fully saturated rings. The predicted octanol–water partition coefficient (Wildman–Crippen LogP) is 4.99. The number of aliphatic carboxylic acids is 1. The molecule has 108 valence electrons. The summed E-state index contributed by atoms with van der Waals surface area (Å²) < 4.78 is 0. The van der Waals surface area contributed by atoms with Crippen LogP contribution in [-0.2, 0) is 4.79 Å². The third kappa shape index (κ3) is 2.58. The van der Waals surface area contributed by atoms with Gasteiger partial charge in [-0.1, -0.05) is 55.8 Å². The molecule has 1 aliphatic rings. The van der Waals surface area contributed by atoms with Crippen molar-refractivity contribution in [2.45, 2.75) is 38.5 Å². The maximum Gasteiger partial charge on any atom is 0.304 e. The normalized spacial score (nSPS) is 16.8. The number of benzene rings is 2. The van der Waals surface area contributed by atoms with Gasteiger partial charge in [0, 0.05) is 5.92 Å². The molecule has 2 aromatic carbocycles. The number of hydrogen-bond donors (Lipinski definition) is 1. The number of rotatable bonds is 5. The first-order chi connectivity index (χ1) is 10.2. The SMILES string of the molecule is CCCCC1=CC(CC(=O)O)c2cccc3cccc1c23. The summed E-state index contributed by atoms with van der Waals surface area (Å²) in [6.45, 7) is 2.19. The summed E-state index contributed by atoms with van der Waals surface area (Å²) in [5, 5.41) is 11.7. The number of hydrogen-bond acceptors (Lipinski definition) is 1. The minimum absolute atomic E-state index is 0.00652. The first-order valence-corrected chi connectivity index (χ1v) is 7.65. The fraction of sp³-hybridized carbons (Fsp3) is 0.316. The van der Waals surface area contributed by atoms with Crippen LogP contribution in [0.5, 0.6) is 0 Å². The van der Waals surface area contributed by atoms with E-state index in [-0.39, 0.29) is 12.3 Å². The lowest BCUT2D eigenvalue weighted by Gasteiger charge is -2.24. The maximum absolute atomic E-state index is 11.2. The van der Waals surface area contributed by atoms with Crippen molar-refractivity contribution in [1.29, 1.82) is 0 Å². The lowest BCUT2D eigenvalue weighted by atomic mass is 9.79. The van der Waals surface area contributed by atoms with E-state index in [4.69, 9.17) is 0 Å². The fourth-order valence-electron chi connectivity index (χ4n) is 3.31. The molecule has 0 amide bonds. The highest BCUT2D eigenvalue weighted by Gasteiger charge is 2.23. The topological polar surface area (TPSA) is 37.3 Å². The Hall–Kier alpha value is -2.09. The summed E-state index contributed by atoms with van der Waals surface area (Å²) in [4.78, 5) is 11.2. The van der Waals surface area contributed by atoms with E-state index >= 15 is 0 Å². The summed E-state index contributed by atoms with van der Waals surface area (Å²) >= 11 is 0. The van der Waals surface area contributed by atoms with Gasteiger partial charge < -0.3 is 5.11 Å². The van der Waals surface area contributed by atoms with E-state index in [9.17, 15) is 9.90 Å². The maximum atomic E-state index is 11.2. The molecule has 1 unspecified atom stereocenters. The van der Waals surface area contributed by atoms with Crippen LogP contribution < -0.4 is 0 Å². The number of carboxylic acid groups (broad SMARTS) is 1. The molecule has 0 radical (unpaired) electrons. The van der Waals surface area contributed by atoms with Gasteiger partial charge in [0.15, 0.2) is 0 Å². The molecule has 21 heavy (non-hydrogen) atoms. The van der Waals surface area contributed by atoms with E-state index in [1.165, 1.54) is 21.9 Å².